The molecule has 1 heterocycles. The molecule has 1 amide bonds. The van der Waals surface area contributed by atoms with Gasteiger partial charge in [0.25, 0.3) is 0 Å². The molecule has 1 saturated carbocycles. The van der Waals surface area contributed by atoms with Crippen molar-refractivity contribution in [1.82, 2.24) is 4.90 Å². The Labute approximate surface area is 148 Å². The van der Waals surface area contributed by atoms with E-state index < -0.39 is 12.0 Å². The average Bonchev–Trinajstić information content (AvgIpc) is 3.37. The Kier molecular flexibility index (Phi) is 4.78. The molecule has 1 aliphatic heterocycles. The van der Waals surface area contributed by atoms with Gasteiger partial charge in [-0.2, -0.15) is 0 Å². The SMILES string of the molecule is O=C(c1ccc(Cl)c(Cl)c1)C1CCN(C(=O)[C@H]2C[C@H]2[N+](=O)[O-])CC1. The first-order chi connectivity index (χ1) is 11.4. The number of halogens is 2. The second kappa shape index (κ2) is 6.69. The third-order valence-corrected chi connectivity index (χ3v) is 5.47. The van der Waals surface area contributed by atoms with Crippen LogP contribution in [0.1, 0.15) is 29.6 Å². The highest BCUT2D eigenvalue weighted by molar-refractivity contribution is 6.42. The zero-order valence-electron chi connectivity index (χ0n) is 12.8. The number of ketones is 1. The Balaban J connectivity index is 1.57. The van der Waals surface area contributed by atoms with Crippen LogP contribution in [-0.2, 0) is 4.79 Å². The maximum atomic E-state index is 12.5. The standard InChI is InChI=1S/C16H16Cl2N2O4/c17-12-2-1-10(7-13(12)18)15(21)9-3-5-19(6-4-9)16(22)11-8-14(11)20(23)24/h1-2,7,9,11,14H,3-6,8H2/t11-,14+/m0/s1. The smallest absolute Gasteiger partial charge is 0.232 e. The molecule has 1 saturated heterocycles. The lowest BCUT2D eigenvalue weighted by molar-refractivity contribution is -0.497. The predicted molar refractivity (Wildman–Crippen MR) is 89.0 cm³/mol. The number of piperidine rings is 1. The molecule has 3 rings (SSSR count). The van der Waals surface area contributed by atoms with Gasteiger partial charge in [0.05, 0.1) is 10.0 Å². The van der Waals surface area contributed by atoms with Crippen molar-refractivity contribution in [3.8, 4) is 0 Å². The summed E-state index contributed by atoms with van der Waals surface area (Å²) in [4.78, 5) is 36.7. The zero-order chi connectivity index (χ0) is 17.4. The number of nitrogens with zero attached hydrogens (tertiary/aromatic N) is 2. The Morgan fingerprint density at radius 3 is 2.38 bits per heavy atom. The van der Waals surface area contributed by atoms with Gasteiger partial charge >= 0.3 is 0 Å². The molecule has 1 aromatic carbocycles. The van der Waals surface area contributed by atoms with E-state index in [1.165, 1.54) is 0 Å². The molecule has 0 spiro atoms. The van der Waals surface area contributed by atoms with Crippen molar-refractivity contribution >= 4 is 34.9 Å². The number of likely N-dealkylation sites (tertiary alicyclic amines) is 1. The number of carbonyl (C=O) groups is 2. The molecule has 0 aromatic heterocycles. The molecule has 2 atom stereocenters. The second-order valence-corrected chi connectivity index (χ2v) is 7.10. The quantitative estimate of drug-likeness (QED) is 0.463. The molecule has 0 unspecified atom stereocenters. The van der Waals surface area contributed by atoms with Crippen molar-refractivity contribution in [3.05, 3.63) is 43.9 Å². The summed E-state index contributed by atoms with van der Waals surface area (Å²) in [6.07, 6.45) is 1.44. The Morgan fingerprint density at radius 2 is 1.83 bits per heavy atom. The summed E-state index contributed by atoms with van der Waals surface area (Å²) in [6, 6.07) is 4.09. The van der Waals surface area contributed by atoms with Crippen LogP contribution in [0.4, 0.5) is 0 Å². The van der Waals surface area contributed by atoms with Gasteiger partial charge in [0.2, 0.25) is 11.9 Å². The minimum atomic E-state index is -0.729. The molecule has 1 aromatic rings. The number of hydrogen-bond donors (Lipinski definition) is 0. The van der Waals surface area contributed by atoms with Crippen LogP contribution in [0, 0.1) is 22.0 Å². The van der Waals surface area contributed by atoms with Crippen molar-refractivity contribution in [1.29, 1.82) is 0 Å². The van der Waals surface area contributed by atoms with Gasteiger partial charge in [0, 0.05) is 35.9 Å². The summed E-state index contributed by atoms with van der Waals surface area (Å²) in [5, 5.41) is 11.4. The van der Waals surface area contributed by atoms with Crippen LogP contribution in [0.2, 0.25) is 10.0 Å². The molecule has 128 valence electrons. The minimum Gasteiger partial charge on any atom is -0.342 e. The fourth-order valence-corrected chi connectivity index (χ4v) is 3.46. The lowest BCUT2D eigenvalue weighted by Crippen LogP contribution is -2.41. The van der Waals surface area contributed by atoms with Crippen molar-refractivity contribution in [2.24, 2.45) is 11.8 Å². The highest BCUT2D eigenvalue weighted by Crippen LogP contribution is 2.36. The molecule has 1 aliphatic carbocycles. The maximum absolute atomic E-state index is 12.5. The number of rotatable bonds is 4. The number of Topliss-reactive ketones (excluding diaryl/α,β-unsaturated/α-hetero) is 1. The molecule has 0 radical (unpaired) electrons. The van der Waals surface area contributed by atoms with Gasteiger partial charge in [-0.3, -0.25) is 19.7 Å². The van der Waals surface area contributed by atoms with E-state index in [4.69, 9.17) is 23.2 Å². The molecule has 2 aliphatic rings. The van der Waals surface area contributed by atoms with Crippen LogP contribution in [0.15, 0.2) is 18.2 Å². The number of nitro groups is 1. The van der Waals surface area contributed by atoms with E-state index in [-0.39, 0.29) is 22.5 Å². The van der Waals surface area contributed by atoms with Crippen molar-refractivity contribution < 1.29 is 14.5 Å². The van der Waals surface area contributed by atoms with Gasteiger partial charge < -0.3 is 4.90 Å². The molecule has 24 heavy (non-hydrogen) atoms. The van der Waals surface area contributed by atoms with Gasteiger partial charge in [-0.05, 0) is 31.0 Å². The van der Waals surface area contributed by atoms with Gasteiger partial charge in [-0.1, -0.05) is 23.2 Å². The van der Waals surface area contributed by atoms with E-state index in [2.05, 4.69) is 0 Å². The molecule has 6 nitrogen and oxygen atoms in total. The minimum absolute atomic E-state index is 0.00439. The van der Waals surface area contributed by atoms with Crippen molar-refractivity contribution in [2.45, 2.75) is 25.3 Å². The Morgan fingerprint density at radius 1 is 1.17 bits per heavy atom. The van der Waals surface area contributed by atoms with E-state index in [1.54, 1.807) is 23.1 Å². The normalized spacial score (nSPS) is 23.8. The summed E-state index contributed by atoms with van der Waals surface area (Å²) in [6.45, 7) is 0.912. The summed E-state index contributed by atoms with van der Waals surface area (Å²) >= 11 is 11.8. The summed E-state index contributed by atoms with van der Waals surface area (Å²) < 4.78 is 0. The Hall–Kier alpha value is -1.66. The van der Waals surface area contributed by atoms with E-state index in [0.29, 0.717) is 48.0 Å². The largest absolute Gasteiger partial charge is 0.342 e. The lowest BCUT2D eigenvalue weighted by Gasteiger charge is -2.31. The molecule has 2 fully saturated rings. The van der Waals surface area contributed by atoms with Crippen LogP contribution < -0.4 is 0 Å². The third kappa shape index (κ3) is 3.39. The molecular formula is C16H16Cl2N2O4. The maximum Gasteiger partial charge on any atom is 0.232 e. The van der Waals surface area contributed by atoms with E-state index in [1.807, 2.05) is 0 Å². The first-order valence-electron chi connectivity index (χ1n) is 7.80. The van der Waals surface area contributed by atoms with E-state index >= 15 is 0 Å². The van der Waals surface area contributed by atoms with Crippen LogP contribution >= 0.6 is 23.2 Å². The summed E-state index contributed by atoms with van der Waals surface area (Å²) in [5.74, 6) is -0.813. The van der Waals surface area contributed by atoms with Gasteiger partial charge in [-0.15, -0.1) is 0 Å². The van der Waals surface area contributed by atoms with Crippen LogP contribution in [0.3, 0.4) is 0 Å². The second-order valence-electron chi connectivity index (χ2n) is 6.29. The average molecular weight is 371 g/mol. The highest BCUT2D eigenvalue weighted by atomic mass is 35.5. The monoisotopic (exact) mass is 370 g/mol. The van der Waals surface area contributed by atoms with Crippen molar-refractivity contribution in [3.63, 3.8) is 0 Å². The summed E-state index contributed by atoms with van der Waals surface area (Å²) in [5.41, 5.74) is 0.518. The molecule has 0 N–H and O–H groups in total. The van der Waals surface area contributed by atoms with Crippen LogP contribution in [0.25, 0.3) is 0 Å². The number of carbonyl (C=O) groups excluding carboxylic acids is 2. The molecule has 0 bridgehead atoms. The van der Waals surface area contributed by atoms with Crippen molar-refractivity contribution in [2.75, 3.05) is 13.1 Å². The summed E-state index contributed by atoms with van der Waals surface area (Å²) in [7, 11) is 0. The fraction of sp³-hybridized carbons (Fsp3) is 0.500. The van der Waals surface area contributed by atoms with E-state index in [9.17, 15) is 19.7 Å². The van der Waals surface area contributed by atoms with Crippen LogP contribution in [0.5, 0.6) is 0 Å². The van der Waals surface area contributed by atoms with E-state index in [0.717, 1.165) is 0 Å². The fourth-order valence-electron chi connectivity index (χ4n) is 3.16. The molecular weight excluding hydrogens is 355 g/mol. The number of hydrogen-bond acceptors (Lipinski definition) is 4. The lowest BCUT2D eigenvalue weighted by atomic mass is 9.88. The Bertz CT molecular complexity index is 701. The van der Waals surface area contributed by atoms with Crippen LogP contribution in [-0.4, -0.2) is 40.6 Å². The van der Waals surface area contributed by atoms with Gasteiger partial charge in [0.15, 0.2) is 5.78 Å². The zero-order valence-corrected chi connectivity index (χ0v) is 14.3. The third-order valence-electron chi connectivity index (χ3n) is 4.73. The topological polar surface area (TPSA) is 80.5 Å². The highest BCUT2D eigenvalue weighted by Gasteiger charge is 2.54. The first kappa shape index (κ1) is 17.2. The molecule has 8 heteroatoms. The number of benzene rings is 1. The van der Waals surface area contributed by atoms with Gasteiger partial charge in [0.1, 0.15) is 5.92 Å². The predicted octanol–water partition coefficient (Wildman–Crippen LogP) is 3.08. The first-order valence-corrected chi connectivity index (χ1v) is 8.55. The number of amides is 1. The van der Waals surface area contributed by atoms with Gasteiger partial charge in [-0.25, -0.2) is 0 Å².